The van der Waals surface area contributed by atoms with Crippen LogP contribution in [0, 0.1) is 6.92 Å². The summed E-state index contributed by atoms with van der Waals surface area (Å²) in [6, 6.07) is 21.8. The molecule has 0 fully saturated rings. The van der Waals surface area contributed by atoms with Crippen molar-refractivity contribution in [2.75, 3.05) is 12.8 Å². The van der Waals surface area contributed by atoms with E-state index in [1.165, 1.54) is 17.3 Å². The third kappa shape index (κ3) is 4.46. The number of aromatic nitrogens is 3. The predicted octanol–water partition coefficient (Wildman–Crippen LogP) is 4.59. The van der Waals surface area contributed by atoms with Crippen LogP contribution in [0.2, 0.25) is 0 Å². The zero-order chi connectivity index (χ0) is 20.9. The Morgan fingerprint density at radius 2 is 1.80 bits per heavy atom. The first kappa shape index (κ1) is 20.0. The van der Waals surface area contributed by atoms with Gasteiger partial charge in [-0.15, -0.1) is 10.2 Å². The number of furan rings is 1. The van der Waals surface area contributed by atoms with Crippen LogP contribution in [0.15, 0.2) is 82.6 Å². The first-order valence-electron chi connectivity index (χ1n) is 9.59. The Morgan fingerprint density at radius 1 is 1.03 bits per heavy atom. The summed E-state index contributed by atoms with van der Waals surface area (Å²) in [5, 5.41) is 9.48. The second-order valence-electron chi connectivity index (χ2n) is 6.96. The SMILES string of the molecule is Cc1ccc(-n2c(SCC(=O)N(C)Cc3ccco3)nnc2-c2ccccc2)cc1. The van der Waals surface area contributed by atoms with Crippen molar-refractivity contribution >= 4 is 17.7 Å². The van der Waals surface area contributed by atoms with Crippen LogP contribution >= 0.6 is 11.8 Å². The number of amides is 1. The molecule has 0 radical (unpaired) electrons. The molecule has 1 amide bonds. The van der Waals surface area contributed by atoms with Crippen LogP contribution < -0.4 is 0 Å². The monoisotopic (exact) mass is 418 g/mol. The lowest BCUT2D eigenvalue weighted by Crippen LogP contribution is -2.27. The number of carbonyl (C=O) groups excluding carboxylic acids is 1. The van der Waals surface area contributed by atoms with Gasteiger partial charge in [-0.05, 0) is 31.2 Å². The highest BCUT2D eigenvalue weighted by Crippen LogP contribution is 2.28. The van der Waals surface area contributed by atoms with Crippen LogP contribution in [0.25, 0.3) is 17.1 Å². The van der Waals surface area contributed by atoms with Crippen LogP contribution in [0.4, 0.5) is 0 Å². The molecule has 0 N–H and O–H groups in total. The van der Waals surface area contributed by atoms with Crippen LogP contribution in [-0.4, -0.2) is 38.4 Å². The number of hydrogen-bond donors (Lipinski definition) is 0. The van der Waals surface area contributed by atoms with E-state index in [9.17, 15) is 4.79 Å². The standard InChI is InChI=1S/C23H22N4O2S/c1-17-10-12-19(13-11-17)27-22(18-7-4-3-5-8-18)24-25-23(27)30-16-21(28)26(2)15-20-9-6-14-29-20/h3-14H,15-16H2,1-2H3. The molecule has 0 spiro atoms. The predicted molar refractivity (Wildman–Crippen MR) is 117 cm³/mol. The fraction of sp³-hybridized carbons (Fsp3) is 0.174. The van der Waals surface area contributed by atoms with Gasteiger partial charge in [-0.1, -0.05) is 59.8 Å². The van der Waals surface area contributed by atoms with Gasteiger partial charge in [0.15, 0.2) is 11.0 Å². The van der Waals surface area contributed by atoms with Crippen LogP contribution in [-0.2, 0) is 11.3 Å². The third-order valence-electron chi connectivity index (χ3n) is 4.68. The Bertz CT molecular complexity index is 1110. The van der Waals surface area contributed by atoms with E-state index in [-0.39, 0.29) is 11.7 Å². The molecule has 0 saturated carbocycles. The Hall–Kier alpha value is -3.32. The van der Waals surface area contributed by atoms with Gasteiger partial charge < -0.3 is 9.32 Å². The average Bonchev–Trinajstić information content (AvgIpc) is 3.43. The Kier molecular flexibility index (Phi) is 5.99. The van der Waals surface area contributed by atoms with Crippen LogP contribution in [0.5, 0.6) is 0 Å². The second-order valence-corrected chi connectivity index (χ2v) is 7.90. The van der Waals surface area contributed by atoms with Gasteiger partial charge in [0.2, 0.25) is 5.91 Å². The first-order valence-corrected chi connectivity index (χ1v) is 10.6. The van der Waals surface area contributed by atoms with Crippen molar-refractivity contribution in [2.45, 2.75) is 18.6 Å². The van der Waals surface area contributed by atoms with Crippen molar-refractivity contribution in [1.29, 1.82) is 0 Å². The number of aryl methyl sites for hydroxylation is 1. The van der Waals surface area contributed by atoms with Gasteiger partial charge in [-0.25, -0.2) is 0 Å². The molecule has 0 saturated heterocycles. The van der Waals surface area contributed by atoms with E-state index in [4.69, 9.17) is 4.42 Å². The highest BCUT2D eigenvalue weighted by Gasteiger charge is 2.18. The highest BCUT2D eigenvalue weighted by atomic mass is 32.2. The van der Waals surface area contributed by atoms with Gasteiger partial charge in [0.25, 0.3) is 0 Å². The molecule has 30 heavy (non-hydrogen) atoms. The van der Waals surface area contributed by atoms with Crippen molar-refractivity contribution in [3.05, 3.63) is 84.3 Å². The number of thioether (sulfide) groups is 1. The summed E-state index contributed by atoms with van der Waals surface area (Å²) in [5.41, 5.74) is 3.11. The Labute approximate surface area is 179 Å². The van der Waals surface area contributed by atoms with Gasteiger partial charge in [-0.2, -0.15) is 0 Å². The van der Waals surface area contributed by atoms with E-state index < -0.39 is 0 Å². The lowest BCUT2D eigenvalue weighted by atomic mass is 10.2. The van der Waals surface area contributed by atoms with Gasteiger partial charge in [-0.3, -0.25) is 9.36 Å². The first-order chi connectivity index (χ1) is 14.6. The van der Waals surface area contributed by atoms with E-state index >= 15 is 0 Å². The summed E-state index contributed by atoms with van der Waals surface area (Å²) in [6.07, 6.45) is 1.61. The van der Waals surface area contributed by atoms with Gasteiger partial charge in [0, 0.05) is 18.3 Å². The summed E-state index contributed by atoms with van der Waals surface area (Å²) in [7, 11) is 1.77. The molecular weight excluding hydrogens is 396 g/mol. The molecule has 0 aliphatic carbocycles. The summed E-state index contributed by atoms with van der Waals surface area (Å²) in [5.74, 6) is 1.76. The fourth-order valence-electron chi connectivity index (χ4n) is 3.03. The molecule has 0 bridgehead atoms. The fourth-order valence-corrected chi connectivity index (χ4v) is 3.92. The summed E-state index contributed by atoms with van der Waals surface area (Å²) >= 11 is 1.38. The summed E-state index contributed by atoms with van der Waals surface area (Å²) in [6.45, 7) is 2.49. The van der Waals surface area contributed by atoms with Gasteiger partial charge in [0.05, 0.1) is 18.6 Å². The second kappa shape index (κ2) is 9.00. The number of hydrogen-bond acceptors (Lipinski definition) is 5. The number of nitrogens with zero attached hydrogens (tertiary/aromatic N) is 4. The molecule has 6 nitrogen and oxygen atoms in total. The average molecular weight is 419 g/mol. The smallest absolute Gasteiger partial charge is 0.233 e. The molecule has 2 aromatic heterocycles. The topological polar surface area (TPSA) is 64.2 Å². The van der Waals surface area contributed by atoms with Gasteiger partial charge in [0.1, 0.15) is 5.76 Å². The van der Waals surface area contributed by atoms with Crippen molar-refractivity contribution in [2.24, 2.45) is 0 Å². The molecule has 0 atom stereocenters. The Morgan fingerprint density at radius 3 is 2.50 bits per heavy atom. The molecule has 7 heteroatoms. The molecule has 152 valence electrons. The summed E-state index contributed by atoms with van der Waals surface area (Å²) in [4.78, 5) is 14.3. The van der Waals surface area contributed by atoms with Gasteiger partial charge >= 0.3 is 0 Å². The van der Waals surface area contributed by atoms with Crippen molar-refractivity contribution in [3.63, 3.8) is 0 Å². The molecule has 4 aromatic rings. The van der Waals surface area contributed by atoms with E-state index in [0.29, 0.717) is 11.7 Å². The zero-order valence-corrected chi connectivity index (χ0v) is 17.7. The lowest BCUT2D eigenvalue weighted by Gasteiger charge is -2.15. The largest absolute Gasteiger partial charge is 0.467 e. The lowest BCUT2D eigenvalue weighted by molar-refractivity contribution is -0.127. The zero-order valence-electron chi connectivity index (χ0n) is 16.9. The normalized spacial score (nSPS) is 10.9. The Balaban J connectivity index is 1.57. The molecule has 0 aliphatic rings. The number of carbonyl (C=O) groups is 1. The highest BCUT2D eigenvalue weighted by molar-refractivity contribution is 7.99. The van der Waals surface area contributed by atoms with E-state index in [1.54, 1.807) is 18.2 Å². The quantitative estimate of drug-likeness (QED) is 0.411. The maximum absolute atomic E-state index is 12.6. The third-order valence-corrected chi connectivity index (χ3v) is 5.59. The maximum atomic E-state index is 12.6. The maximum Gasteiger partial charge on any atom is 0.233 e. The molecule has 0 unspecified atom stereocenters. The van der Waals surface area contributed by atoms with Crippen molar-refractivity contribution in [1.82, 2.24) is 19.7 Å². The van der Waals surface area contributed by atoms with E-state index in [0.717, 1.165) is 22.8 Å². The van der Waals surface area contributed by atoms with Crippen LogP contribution in [0.1, 0.15) is 11.3 Å². The minimum absolute atomic E-state index is 0.00360. The number of benzene rings is 2. The molecule has 4 rings (SSSR count). The minimum atomic E-state index is -0.00360. The minimum Gasteiger partial charge on any atom is -0.467 e. The molecular formula is C23H22N4O2S. The summed E-state index contributed by atoms with van der Waals surface area (Å²) < 4.78 is 7.33. The van der Waals surface area contributed by atoms with Crippen LogP contribution in [0.3, 0.4) is 0 Å². The molecule has 0 aliphatic heterocycles. The van der Waals surface area contributed by atoms with Crippen molar-refractivity contribution in [3.8, 4) is 17.1 Å². The number of rotatable bonds is 7. The molecule has 2 heterocycles. The van der Waals surface area contributed by atoms with Crippen molar-refractivity contribution < 1.29 is 9.21 Å². The van der Waals surface area contributed by atoms with E-state index in [2.05, 4.69) is 29.3 Å². The molecule has 2 aromatic carbocycles. The van der Waals surface area contributed by atoms with E-state index in [1.807, 2.05) is 59.2 Å².